The van der Waals surface area contributed by atoms with Crippen LogP contribution >= 0.6 is 0 Å². The van der Waals surface area contributed by atoms with Gasteiger partial charge < -0.3 is 9.88 Å². The zero-order valence-electron chi connectivity index (χ0n) is 16.0. The smallest absolute Gasteiger partial charge is 0.149 e. The van der Waals surface area contributed by atoms with E-state index in [1.165, 1.54) is 43.2 Å². The first-order valence-electron chi connectivity index (χ1n) is 9.99. The molecule has 0 saturated heterocycles. The highest BCUT2D eigenvalue weighted by molar-refractivity contribution is 5.25. The number of aryl methyl sites for hydroxylation is 2. The number of nitrogens with one attached hydrogen (secondary N) is 1. The van der Waals surface area contributed by atoms with Crippen molar-refractivity contribution in [2.75, 3.05) is 0 Å². The SMILES string of the molecule is CCCCCc1ccc([C@@H](CC)N[C@H](C)c2nnc3n2CCC3)cc1. The van der Waals surface area contributed by atoms with Gasteiger partial charge in [-0.1, -0.05) is 51.0 Å². The van der Waals surface area contributed by atoms with Gasteiger partial charge in [-0.05, 0) is 43.7 Å². The van der Waals surface area contributed by atoms with Gasteiger partial charge >= 0.3 is 0 Å². The van der Waals surface area contributed by atoms with Gasteiger partial charge in [0, 0.05) is 19.0 Å². The number of nitrogens with zero attached hydrogens (tertiary/aromatic N) is 3. The van der Waals surface area contributed by atoms with Crippen LogP contribution in [0.1, 0.15) is 87.7 Å². The first kappa shape index (κ1) is 18.1. The van der Waals surface area contributed by atoms with Crippen LogP contribution in [-0.4, -0.2) is 14.8 Å². The first-order valence-corrected chi connectivity index (χ1v) is 9.99. The second-order valence-electron chi connectivity index (χ2n) is 7.28. The highest BCUT2D eigenvalue weighted by Crippen LogP contribution is 2.24. The Bertz CT molecular complexity index is 659. The van der Waals surface area contributed by atoms with Crippen LogP contribution in [-0.2, 0) is 19.4 Å². The maximum absolute atomic E-state index is 4.43. The topological polar surface area (TPSA) is 42.7 Å². The molecule has 4 heteroatoms. The molecule has 4 nitrogen and oxygen atoms in total. The number of hydrogen-bond acceptors (Lipinski definition) is 3. The first-order chi connectivity index (χ1) is 12.2. The fraction of sp³-hybridized carbons (Fsp3) is 0.619. The van der Waals surface area contributed by atoms with Crippen LogP contribution in [0.3, 0.4) is 0 Å². The summed E-state index contributed by atoms with van der Waals surface area (Å²) in [6.45, 7) is 7.77. The number of fused-ring (bicyclic) bond motifs is 1. The third kappa shape index (κ3) is 4.30. The summed E-state index contributed by atoms with van der Waals surface area (Å²) in [4.78, 5) is 0. The molecule has 1 aromatic carbocycles. The van der Waals surface area contributed by atoms with Crippen molar-refractivity contribution in [3.05, 3.63) is 47.0 Å². The van der Waals surface area contributed by atoms with Gasteiger partial charge in [-0.15, -0.1) is 10.2 Å². The van der Waals surface area contributed by atoms with Crippen molar-refractivity contribution >= 4 is 0 Å². The van der Waals surface area contributed by atoms with E-state index in [-0.39, 0.29) is 6.04 Å². The van der Waals surface area contributed by atoms with E-state index in [9.17, 15) is 0 Å². The number of rotatable bonds is 9. The summed E-state index contributed by atoms with van der Waals surface area (Å²) in [6, 6.07) is 9.76. The van der Waals surface area contributed by atoms with Crippen molar-refractivity contribution in [3.8, 4) is 0 Å². The zero-order valence-corrected chi connectivity index (χ0v) is 16.0. The average Bonchev–Trinajstić information content (AvgIpc) is 3.24. The van der Waals surface area contributed by atoms with Gasteiger partial charge in [-0.2, -0.15) is 0 Å². The lowest BCUT2D eigenvalue weighted by atomic mass is 9.99. The van der Waals surface area contributed by atoms with Crippen LogP contribution in [0.2, 0.25) is 0 Å². The molecule has 0 unspecified atom stereocenters. The molecule has 0 saturated carbocycles. The molecule has 2 atom stereocenters. The molecule has 0 fully saturated rings. The molecule has 1 aliphatic rings. The van der Waals surface area contributed by atoms with E-state index < -0.39 is 0 Å². The van der Waals surface area contributed by atoms with Gasteiger partial charge in [-0.3, -0.25) is 0 Å². The summed E-state index contributed by atoms with van der Waals surface area (Å²) < 4.78 is 2.29. The average molecular weight is 341 g/mol. The maximum atomic E-state index is 4.43. The standard InChI is InChI=1S/C21H32N4/c1-4-6-7-9-17-11-13-18(14-12-17)19(5-2)22-16(3)21-24-23-20-10-8-15-25(20)21/h11-14,16,19,22H,4-10,15H2,1-3H3/t16-,19-/m1/s1. The predicted octanol–water partition coefficient (Wildman–Crippen LogP) is 4.76. The van der Waals surface area contributed by atoms with E-state index in [4.69, 9.17) is 0 Å². The van der Waals surface area contributed by atoms with Crippen LogP contribution < -0.4 is 5.32 Å². The van der Waals surface area contributed by atoms with Crippen molar-refractivity contribution in [3.63, 3.8) is 0 Å². The van der Waals surface area contributed by atoms with Crippen molar-refractivity contribution in [2.45, 2.75) is 84.3 Å². The van der Waals surface area contributed by atoms with Gasteiger partial charge in [0.2, 0.25) is 0 Å². The molecular weight excluding hydrogens is 308 g/mol. The Hall–Kier alpha value is -1.68. The summed E-state index contributed by atoms with van der Waals surface area (Å²) in [6.07, 6.45) is 8.42. The Morgan fingerprint density at radius 2 is 1.92 bits per heavy atom. The monoisotopic (exact) mass is 340 g/mol. The van der Waals surface area contributed by atoms with Gasteiger partial charge in [-0.25, -0.2) is 0 Å². The van der Waals surface area contributed by atoms with Gasteiger partial charge in [0.25, 0.3) is 0 Å². The molecule has 1 aromatic heterocycles. The third-order valence-corrected chi connectivity index (χ3v) is 5.34. The fourth-order valence-corrected chi connectivity index (χ4v) is 3.82. The van der Waals surface area contributed by atoms with Crippen molar-refractivity contribution in [1.29, 1.82) is 0 Å². The lowest BCUT2D eigenvalue weighted by molar-refractivity contribution is 0.430. The lowest BCUT2D eigenvalue weighted by Gasteiger charge is -2.22. The Morgan fingerprint density at radius 1 is 1.12 bits per heavy atom. The second kappa shape index (κ2) is 8.61. The molecule has 25 heavy (non-hydrogen) atoms. The Labute approximate surface area is 152 Å². The number of unbranched alkanes of at least 4 members (excludes halogenated alkanes) is 2. The van der Waals surface area contributed by atoms with E-state index >= 15 is 0 Å². The molecule has 1 N–H and O–H groups in total. The minimum absolute atomic E-state index is 0.216. The Kier molecular flexibility index (Phi) is 6.24. The number of hydrogen-bond donors (Lipinski definition) is 1. The minimum Gasteiger partial charge on any atom is -0.314 e. The molecule has 1 aliphatic heterocycles. The van der Waals surface area contributed by atoms with E-state index in [1.54, 1.807) is 0 Å². The van der Waals surface area contributed by atoms with Gasteiger partial charge in [0.1, 0.15) is 11.6 Å². The molecule has 136 valence electrons. The lowest BCUT2D eigenvalue weighted by Crippen LogP contribution is -2.26. The van der Waals surface area contributed by atoms with Crippen LogP contribution in [0.4, 0.5) is 0 Å². The van der Waals surface area contributed by atoms with Crippen molar-refractivity contribution in [2.24, 2.45) is 0 Å². The second-order valence-corrected chi connectivity index (χ2v) is 7.28. The van der Waals surface area contributed by atoms with Gasteiger partial charge in [0.05, 0.1) is 6.04 Å². The normalized spacial score (nSPS) is 16.0. The Balaban J connectivity index is 1.63. The molecule has 0 aliphatic carbocycles. The highest BCUT2D eigenvalue weighted by atomic mass is 15.3. The molecule has 0 bridgehead atoms. The van der Waals surface area contributed by atoms with Crippen LogP contribution in [0, 0.1) is 0 Å². The summed E-state index contributed by atoms with van der Waals surface area (Å²) in [5.41, 5.74) is 2.82. The minimum atomic E-state index is 0.216. The number of benzene rings is 1. The summed E-state index contributed by atoms with van der Waals surface area (Å²) >= 11 is 0. The van der Waals surface area contributed by atoms with Crippen molar-refractivity contribution in [1.82, 2.24) is 20.1 Å². The van der Waals surface area contributed by atoms with Crippen molar-refractivity contribution < 1.29 is 0 Å². The molecule has 0 radical (unpaired) electrons. The number of aromatic nitrogens is 3. The summed E-state index contributed by atoms with van der Waals surface area (Å²) in [5.74, 6) is 2.23. The quantitative estimate of drug-likeness (QED) is 0.669. The van der Waals surface area contributed by atoms with E-state index in [0.29, 0.717) is 6.04 Å². The van der Waals surface area contributed by atoms with E-state index in [2.05, 4.69) is 65.1 Å². The van der Waals surface area contributed by atoms with Gasteiger partial charge in [0.15, 0.2) is 0 Å². The van der Waals surface area contributed by atoms with Crippen LogP contribution in [0.15, 0.2) is 24.3 Å². The molecular formula is C21H32N4. The zero-order chi connectivity index (χ0) is 17.6. The van der Waals surface area contributed by atoms with E-state index in [1.807, 2.05) is 0 Å². The van der Waals surface area contributed by atoms with Crippen LogP contribution in [0.5, 0.6) is 0 Å². The fourth-order valence-electron chi connectivity index (χ4n) is 3.82. The highest BCUT2D eigenvalue weighted by Gasteiger charge is 2.23. The summed E-state index contributed by atoms with van der Waals surface area (Å²) in [5, 5.41) is 12.5. The molecule has 2 heterocycles. The third-order valence-electron chi connectivity index (χ3n) is 5.34. The van der Waals surface area contributed by atoms with E-state index in [0.717, 1.165) is 31.0 Å². The molecule has 0 spiro atoms. The largest absolute Gasteiger partial charge is 0.314 e. The predicted molar refractivity (Wildman–Crippen MR) is 103 cm³/mol. The summed E-state index contributed by atoms with van der Waals surface area (Å²) in [7, 11) is 0. The molecule has 0 amide bonds. The Morgan fingerprint density at radius 3 is 2.64 bits per heavy atom. The van der Waals surface area contributed by atoms with Crippen LogP contribution in [0.25, 0.3) is 0 Å². The molecule has 3 rings (SSSR count). The maximum Gasteiger partial charge on any atom is 0.149 e. The molecule has 2 aromatic rings.